The molecule has 1 aliphatic heterocycles. The Balaban J connectivity index is 2.74. The second kappa shape index (κ2) is 3.93. The van der Waals surface area contributed by atoms with E-state index in [2.05, 4.69) is 5.92 Å². The minimum absolute atomic E-state index is 0.257. The van der Waals surface area contributed by atoms with Gasteiger partial charge in [0.1, 0.15) is 11.6 Å². The Morgan fingerprint density at radius 2 is 2.20 bits per heavy atom. The zero-order chi connectivity index (χ0) is 11.6. The van der Waals surface area contributed by atoms with Gasteiger partial charge in [-0.25, -0.2) is 9.69 Å². The van der Waals surface area contributed by atoms with Crippen LogP contribution in [0.15, 0.2) is 0 Å². The van der Waals surface area contributed by atoms with E-state index in [0.717, 1.165) is 4.90 Å². The predicted octanol–water partition coefficient (Wildman–Crippen LogP) is 1.55. The summed E-state index contributed by atoms with van der Waals surface area (Å²) in [5.41, 5.74) is -0.612. The minimum Gasteiger partial charge on any atom is -0.443 e. The van der Waals surface area contributed by atoms with Gasteiger partial charge in [0, 0.05) is 6.42 Å². The largest absolute Gasteiger partial charge is 0.443 e. The Hall–Kier alpha value is -1.50. The number of carbonyl (C=O) groups is 2. The van der Waals surface area contributed by atoms with Crippen molar-refractivity contribution in [1.29, 1.82) is 0 Å². The van der Waals surface area contributed by atoms with Crippen molar-refractivity contribution in [1.82, 2.24) is 4.90 Å². The lowest BCUT2D eigenvalue weighted by molar-refractivity contribution is -0.127. The maximum absolute atomic E-state index is 11.6. The van der Waals surface area contributed by atoms with Gasteiger partial charge in [-0.05, 0) is 27.2 Å². The summed E-state index contributed by atoms with van der Waals surface area (Å²) in [6.45, 7) is 5.24. The van der Waals surface area contributed by atoms with Crippen molar-refractivity contribution >= 4 is 12.0 Å². The molecule has 4 nitrogen and oxygen atoms in total. The number of hydrogen-bond acceptors (Lipinski definition) is 3. The van der Waals surface area contributed by atoms with E-state index in [-0.39, 0.29) is 5.91 Å². The topological polar surface area (TPSA) is 46.6 Å². The van der Waals surface area contributed by atoms with Crippen molar-refractivity contribution in [2.24, 2.45) is 0 Å². The number of carbonyl (C=O) groups excluding carboxylic acids is 2. The van der Waals surface area contributed by atoms with E-state index in [1.807, 2.05) is 0 Å². The molecule has 82 valence electrons. The van der Waals surface area contributed by atoms with Crippen LogP contribution in [0.4, 0.5) is 4.79 Å². The van der Waals surface area contributed by atoms with Gasteiger partial charge in [-0.1, -0.05) is 5.92 Å². The molecule has 0 saturated carbocycles. The first kappa shape index (κ1) is 11.6. The summed E-state index contributed by atoms with van der Waals surface area (Å²) >= 11 is 0. The number of rotatable bonds is 0. The molecule has 15 heavy (non-hydrogen) atoms. The number of nitrogens with zero attached hydrogens (tertiary/aromatic N) is 1. The van der Waals surface area contributed by atoms with E-state index >= 15 is 0 Å². The standard InChI is InChI=1S/C11H15NO3/c1-5-8-6-7-9(13)12(8)10(14)15-11(2,3)4/h1,8H,6-7H2,2-4H3/t8-/m1/s1. The maximum Gasteiger partial charge on any atom is 0.418 e. The number of amides is 2. The fourth-order valence-corrected chi connectivity index (χ4v) is 1.38. The van der Waals surface area contributed by atoms with Crippen LogP contribution in [0.25, 0.3) is 0 Å². The molecule has 1 rings (SSSR count). The van der Waals surface area contributed by atoms with Crippen LogP contribution in [-0.4, -0.2) is 28.5 Å². The van der Waals surface area contributed by atoms with Gasteiger partial charge >= 0.3 is 6.09 Å². The fourth-order valence-electron chi connectivity index (χ4n) is 1.38. The first-order valence-corrected chi connectivity index (χ1v) is 4.86. The maximum atomic E-state index is 11.6. The highest BCUT2D eigenvalue weighted by molar-refractivity contribution is 5.94. The number of terminal acetylenes is 1. The molecule has 0 aromatic carbocycles. The first-order valence-electron chi connectivity index (χ1n) is 4.86. The van der Waals surface area contributed by atoms with Crippen molar-refractivity contribution in [2.75, 3.05) is 0 Å². The summed E-state index contributed by atoms with van der Waals surface area (Å²) in [6.07, 6.45) is 5.43. The van der Waals surface area contributed by atoms with Crippen LogP contribution in [0.2, 0.25) is 0 Å². The molecule has 0 spiro atoms. The van der Waals surface area contributed by atoms with Crippen molar-refractivity contribution in [3.8, 4) is 12.3 Å². The Bertz CT molecular complexity index is 322. The van der Waals surface area contributed by atoms with E-state index in [1.165, 1.54) is 0 Å². The molecule has 0 radical (unpaired) electrons. The molecule has 0 aliphatic carbocycles. The van der Waals surface area contributed by atoms with Crippen LogP contribution in [0.3, 0.4) is 0 Å². The van der Waals surface area contributed by atoms with Crippen molar-refractivity contribution in [3.05, 3.63) is 0 Å². The van der Waals surface area contributed by atoms with Gasteiger partial charge in [-0.3, -0.25) is 4.79 Å². The van der Waals surface area contributed by atoms with Gasteiger partial charge in [0.2, 0.25) is 5.91 Å². The minimum atomic E-state index is -0.645. The smallest absolute Gasteiger partial charge is 0.418 e. The van der Waals surface area contributed by atoms with Crippen molar-refractivity contribution in [3.63, 3.8) is 0 Å². The van der Waals surface area contributed by atoms with Crippen LogP contribution in [0.5, 0.6) is 0 Å². The first-order chi connectivity index (χ1) is 6.85. The molecule has 0 aromatic rings. The molecule has 1 fully saturated rings. The zero-order valence-corrected chi connectivity index (χ0v) is 9.24. The zero-order valence-electron chi connectivity index (χ0n) is 9.24. The van der Waals surface area contributed by atoms with E-state index in [0.29, 0.717) is 12.8 Å². The van der Waals surface area contributed by atoms with Gasteiger partial charge in [0.05, 0.1) is 0 Å². The monoisotopic (exact) mass is 209 g/mol. The second-order valence-electron chi connectivity index (χ2n) is 4.47. The van der Waals surface area contributed by atoms with E-state index in [4.69, 9.17) is 11.2 Å². The molecular formula is C11H15NO3. The molecule has 0 aromatic heterocycles. The molecule has 1 aliphatic rings. The Morgan fingerprint density at radius 3 is 2.67 bits per heavy atom. The highest BCUT2D eigenvalue weighted by atomic mass is 16.6. The number of hydrogen-bond donors (Lipinski definition) is 0. The molecule has 0 N–H and O–H groups in total. The molecule has 1 heterocycles. The van der Waals surface area contributed by atoms with E-state index in [1.54, 1.807) is 20.8 Å². The molecule has 1 atom stereocenters. The highest BCUT2D eigenvalue weighted by Gasteiger charge is 2.37. The Labute approximate surface area is 89.6 Å². The molecular weight excluding hydrogens is 194 g/mol. The van der Waals surface area contributed by atoms with Crippen molar-refractivity contribution in [2.45, 2.75) is 45.3 Å². The summed E-state index contributed by atoms with van der Waals surface area (Å²) < 4.78 is 5.09. The highest BCUT2D eigenvalue weighted by Crippen LogP contribution is 2.21. The summed E-state index contributed by atoms with van der Waals surface area (Å²) in [5.74, 6) is 2.16. The van der Waals surface area contributed by atoms with E-state index in [9.17, 15) is 9.59 Å². The Kier molecular flexibility index (Phi) is 3.04. The summed E-state index contributed by atoms with van der Waals surface area (Å²) in [7, 11) is 0. The molecule has 4 heteroatoms. The van der Waals surface area contributed by atoms with Crippen LogP contribution >= 0.6 is 0 Å². The van der Waals surface area contributed by atoms with Crippen LogP contribution in [0.1, 0.15) is 33.6 Å². The van der Waals surface area contributed by atoms with Crippen LogP contribution < -0.4 is 0 Å². The van der Waals surface area contributed by atoms with Gasteiger partial charge in [0.15, 0.2) is 0 Å². The molecule has 0 unspecified atom stereocenters. The SMILES string of the molecule is C#C[C@@H]1CCC(=O)N1C(=O)OC(C)(C)C. The summed E-state index contributed by atoms with van der Waals surface area (Å²) in [4.78, 5) is 24.1. The van der Waals surface area contributed by atoms with Gasteiger partial charge in [-0.15, -0.1) is 6.42 Å². The predicted molar refractivity (Wildman–Crippen MR) is 54.9 cm³/mol. The lowest BCUT2D eigenvalue weighted by atomic mass is 10.2. The third-order valence-corrected chi connectivity index (χ3v) is 1.99. The third-order valence-electron chi connectivity index (χ3n) is 1.99. The quantitative estimate of drug-likeness (QED) is 0.568. The molecule has 0 bridgehead atoms. The average molecular weight is 209 g/mol. The van der Waals surface area contributed by atoms with Gasteiger partial charge in [0.25, 0.3) is 0 Å². The average Bonchev–Trinajstić information content (AvgIpc) is 2.43. The van der Waals surface area contributed by atoms with Gasteiger partial charge in [-0.2, -0.15) is 0 Å². The lowest BCUT2D eigenvalue weighted by Gasteiger charge is -2.25. The third kappa shape index (κ3) is 2.72. The van der Waals surface area contributed by atoms with Crippen LogP contribution in [-0.2, 0) is 9.53 Å². The Morgan fingerprint density at radius 1 is 1.60 bits per heavy atom. The lowest BCUT2D eigenvalue weighted by Crippen LogP contribution is -2.41. The van der Waals surface area contributed by atoms with Gasteiger partial charge < -0.3 is 4.74 Å². The number of imide groups is 1. The van der Waals surface area contributed by atoms with E-state index < -0.39 is 17.7 Å². The number of likely N-dealkylation sites (tertiary alicyclic amines) is 1. The van der Waals surface area contributed by atoms with Crippen LogP contribution in [0, 0.1) is 12.3 Å². The summed E-state index contributed by atoms with van der Waals surface area (Å²) in [6, 6.07) is -0.452. The normalized spacial score (nSPS) is 21.3. The van der Waals surface area contributed by atoms with Crippen molar-refractivity contribution < 1.29 is 14.3 Å². The summed E-state index contributed by atoms with van der Waals surface area (Å²) in [5, 5.41) is 0. The molecule has 1 saturated heterocycles. The number of ether oxygens (including phenoxy) is 1. The fraction of sp³-hybridized carbons (Fsp3) is 0.636. The second-order valence-corrected chi connectivity index (χ2v) is 4.47. The molecule has 2 amide bonds.